The Bertz CT molecular complexity index is 1210. The summed E-state index contributed by atoms with van der Waals surface area (Å²) in [6, 6.07) is 0. The second-order valence-electron chi connectivity index (χ2n) is 17.8. The largest absolute Gasteiger partial charge is 0.462 e. The fourth-order valence-electron chi connectivity index (χ4n) is 7.41. The molecule has 0 aromatic heterocycles. The van der Waals surface area contributed by atoms with Crippen LogP contribution in [0.15, 0.2) is 72.9 Å². The molecule has 0 unspecified atom stereocenters. The van der Waals surface area contributed by atoms with E-state index in [0.717, 1.165) is 89.9 Å². The maximum Gasteiger partial charge on any atom is 0.306 e. The Morgan fingerprint density at radius 1 is 0.328 bits per heavy atom. The minimum Gasteiger partial charge on any atom is -0.462 e. The van der Waals surface area contributed by atoms with Crippen LogP contribution in [0.5, 0.6) is 0 Å². The first-order valence-electron chi connectivity index (χ1n) is 26.9. The van der Waals surface area contributed by atoms with E-state index in [2.05, 4.69) is 93.7 Å². The quantitative estimate of drug-likeness (QED) is 0.0262. The van der Waals surface area contributed by atoms with Crippen LogP contribution in [0.25, 0.3) is 0 Å². The summed E-state index contributed by atoms with van der Waals surface area (Å²) in [5.74, 6) is -0.958. The minimum atomic E-state index is -0.800. The van der Waals surface area contributed by atoms with E-state index in [1.54, 1.807) is 0 Å². The number of ether oxygens (including phenoxy) is 3. The van der Waals surface area contributed by atoms with E-state index in [1.807, 2.05) is 0 Å². The lowest BCUT2D eigenvalue weighted by molar-refractivity contribution is -0.167. The Balaban J connectivity index is 4.47. The van der Waals surface area contributed by atoms with Crippen LogP contribution in [0.4, 0.5) is 0 Å². The molecule has 0 saturated carbocycles. The Kier molecular flexibility index (Phi) is 49.9. The van der Waals surface area contributed by atoms with E-state index < -0.39 is 6.10 Å². The third-order valence-electron chi connectivity index (χ3n) is 11.4. The number of unbranched alkanes of at least 4 members (excludes halogenated alkanes) is 25. The van der Waals surface area contributed by atoms with E-state index in [0.29, 0.717) is 19.3 Å². The molecule has 0 spiro atoms. The van der Waals surface area contributed by atoms with Crippen molar-refractivity contribution in [3.8, 4) is 0 Å². The van der Waals surface area contributed by atoms with Crippen LogP contribution in [0.3, 0.4) is 0 Å². The molecule has 0 aliphatic rings. The Labute approximate surface area is 395 Å². The van der Waals surface area contributed by atoms with Gasteiger partial charge in [0.05, 0.1) is 0 Å². The molecule has 0 heterocycles. The van der Waals surface area contributed by atoms with Crippen LogP contribution >= 0.6 is 0 Å². The molecule has 0 rings (SSSR count). The second kappa shape index (κ2) is 52.5. The van der Waals surface area contributed by atoms with Crippen molar-refractivity contribution in [2.24, 2.45) is 0 Å². The van der Waals surface area contributed by atoms with Gasteiger partial charge < -0.3 is 14.2 Å². The van der Waals surface area contributed by atoms with Crippen molar-refractivity contribution < 1.29 is 28.6 Å². The van der Waals surface area contributed by atoms with Crippen LogP contribution in [-0.2, 0) is 28.6 Å². The fraction of sp³-hybridized carbons (Fsp3) is 0.741. The zero-order valence-corrected chi connectivity index (χ0v) is 42.0. The molecule has 0 aliphatic carbocycles. The lowest BCUT2D eigenvalue weighted by Crippen LogP contribution is -2.30. The van der Waals surface area contributed by atoms with Gasteiger partial charge in [0.15, 0.2) is 6.10 Å². The van der Waals surface area contributed by atoms with Gasteiger partial charge in [-0.15, -0.1) is 0 Å². The van der Waals surface area contributed by atoms with Gasteiger partial charge in [0.25, 0.3) is 0 Å². The lowest BCUT2D eigenvalue weighted by Gasteiger charge is -2.18. The van der Waals surface area contributed by atoms with Gasteiger partial charge in [0.1, 0.15) is 13.2 Å². The van der Waals surface area contributed by atoms with E-state index in [4.69, 9.17) is 14.2 Å². The number of carbonyl (C=O) groups is 3. The molecule has 0 radical (unpaired) electrons. The second-order valence-corrected chi connectivity index (χ2v) is 17.8. The summed E-state index contributed by atoms with van der Waals surface area (Å²) in [6.45, 7) is 6.47. The van der Waals surface area contributed by atoms with Crippen LogP contribution in [0.2, 0.25) is 0 Å². The minimum absolute atomic E-state index is 0.0944. The number of hydrogen-bond donors (Lipinski definition) is 0. The van der Waals surface area contributed by atoms with Crippen molar-refractivity contribution in [2.45, 2.75) is 264 Å². The summed E-state index contributed by atoms with van der Waals surface area (Å²) < 4.78 is 16.8. The summed E-state index contributed by atoms with van der Waals surface area (Å²) in [7, 11) is 0. The van der Waals surface area contributed by atoms with Crippen LogP contribution in [-0.4, -0.2) is 37.2 Å². The third-order valence-corrected chi connectivity index (χ3v) is 11.4. The highest BCUT2D eigenvalue weighted by molar-refractivity contribution is 5.71. The maximum absolute atomic E-state index is 12.8. The van der Waals surface area contributed by atoms with Crippen molar-refractivity contribution in [2.75, 3.05) is 13.2 Å². The molecular formula is C58H100O6. The zero-order chi connectivity index (χ0) is 46.5. The lowest BCUT2D eigenvalue weighted by atomic mass is 10.0. The van der Waals surface area contributed by atoms with E-state index in [1.165, 1.54) is 122 Å². The Morgan fingerprint density at radius 2 is 0.625 bits per heavy atom. The first kappa shape index (κ1) is 60.9. The number of esters is 3. The zero-order valence-electron chi connectivity index (χ0n) is 42.0. The summed E-state index contributed by atoms with van der Waals surface area (Å²) in [5, 5.41) is 0. The third kappa shape index (κ3) is 49.9. The predicted molar refractivity (Wildman–Crippen MR) is 274 cm³/mol. The molecule has 64 heavy (non-hydrogen) atoms. The van der Waals surface area contributed by atoms with Crippen LogP contribution < -0.4 is 0 Å². The smallest absolute Gasteiger partial charge is 0.306 e. The van der Waals surface area contributed by atoms with Crippen LogP contribution in [0, 0.1) is 0 Å². The van der Waals surface area contributed by atoms with Gasteiger partial charge in [-0.1, -0.05) is 229 Å². The molecule has 0 saturated heterocycles. The summed E-state index contributed by atoms with van der Waals surface area (Å²) in [5.41, 5.74) is 0. The molecule has 0 fully saturated rings. The van der Waals surface area contributed by atoms with Gasteiger partial charge in [-0.2, -0.15) is 0 Å². The van der Waals surface area contributed by atoms with Gasteiger partial charge in [-0.3, -0.25) is 14.4 Å². The van der Waals surface area contributed by atoms with Gasteiger partial charge >= 0.3 is 17.9 Å². The molecular weight excluding hydrogens is 793 g/mol. The molecule has 6 heteroatoms. The molecule has 368 valence electrons. The van der Waals surface area contributed by atoms with Crippen molar-refractivity contribution in [1.29, 1.82) is 0 Å². The molecule has 0 N–H and O–H groups in total. The number of rotatable bonds is 48. The van der Waals surface area contributed by atoms with Gasteiger partial charge in [0, 0.05) is 19.3 Å². The van der Waals surface area contributed by atoms with E-state index in [9.17, 15) is 14.4 Å². The van der Waals surface area contributed by atoms with E-state index >= 15 is 0 Å². The number of carbonyl (C=O) groups excluding carboxylic acids is 3. The maximum atomic E-state index is 12.8. The summed E-state index contributed by atoms with van der Waals surface area (Å²) >= 11 is 0. The monoisotopic (exact) mass is 893 g/mol. The highest BCUT2D eigenvalue weighted by Crippen LogP contribution is 2.15. The standard InChI is InChI=1S/C58H100O6/c1-4-7-10-13-16-19-22-25-28-29-31-33-36-39-42-45-48-51-57(60)63-54-55(53-62-56(59)50-47-44-41-38-35-32-27-24-21-18-15-12-9-6-3)64-58(61)52-49-46-43-40-37-34-30-26-23-20-17-14-11-8-5-2/h7,10,16,19,25-26,28,30-31,33,39,42,55H,4-6,8-9,11-15,17-18,20-24,27,29,32,34-38,40-41,43-54H2,1-3H3/b10-7-,19-16-,28-25-,30-26-,33-31-,42-39-/t55-/m1/s1. The summed E-state index contributed by atoms with van der Waals surface area (Å²) in [4.78, 5) is 38.0. The van der Waals surface area contributed by atoms with E-state index in [-0.39, 0.29) is 37.5 Å². The SMILES string of the molecule is CC/C=C\C/C=C\C/C=C\C/C=C\C/C=C\CCCC(=O)OC[C@@H](COC(=O)CCCCCCCCCCCCCCCC)OC(=O)CCCCCCC/C=C\CCCCCCCC. The Hall–Kier alpha value is -3.15. The molecule has 1 atom stereocenters. The molecule has 6 nitrogen and oxygen atoms in total. The molecule has 0 aliphatic heterocycles. The molecule has 0 bridgehead atoms. The summed E-state index contributed by atoms with van der Waals surface area (Å²) in [6.07, 6.45) is 66.0. The van der Waals surface area contributed by atoms with Gasteiger partial charge in [-0.25, -0.2) is 0 Å². The van der Waals surface area contributed by atoms with Crippen molar-refractivity contribution in [3.05, 3.63) is 72.9 Å². The topological polar surface area (TPSA) is 78.9 Å². The van der Waals surface area contributed by atoms with Crippen molar-refractivity contribution in [3.63, 3.8) is 0 Å². The molecule has 0 aromatic carbocycles. The first-order valence-corrected chi connectivity index (χ1v) is 26.9. The number of hydrogen-bond acceptors (Lipinski definition) is 6. The highest BCUT2D eigenvalue weighted by atomic mass is 16.6. The average molecular weight is 893 g/mol. The number of allylic oxidation sites excluding steroid dienone is 12. The average Bonchev–Trinajstić information content (AvgIpc) is 3.29. The highest BCUT2D eigenvalue weighted by Gasteiger charge is 2.19. The fourth-order valence-corrected chi connectivity index (χ4v) is 7.41. The van der Waals surface area contributed by atoms with Crippen LogP contribution in [0.1, 0.15) is 258 Å². The van der Waals surface area contributed by atoms with Gasteiger partial charge in [0.2, 0.25) is 0 Å². The molecule has 0 aromatic rings. The normalized spacial score (nSPS) is 12.6. The van der Waals surface area contributed by atoms with Gasteiger partial charge in [-0.05, 0) is 83.5 Å². The predicted octanol–water partition coefficient (Wildman–Crippen LogP) is 17.8. The molecule has 0 amide bonds. The first-order chi connectivity index (χ1) is 31.5. The van der Waals surface area contributed by atoms with Crippen molar-refractivity contribution >= 4 is 17.9 Å². The Morgan fingerprint density at radius 3 is 1.03 bits per heavy atom. The van der Waals surface area contributed by atoms with Crippen molar-refractivity contribution in [1.82, 2.24) is 0 Å².